The van der Waals surface area contributed by atoms with Crippen LogP contribution in [0.2, 0.25) is 0 Å². The minimum absolute atomic E-state index is 0.0607. The summed E-state index contributed by atoms with van der Waals surface area (Å²) in [5, 5.41) is 4.17. The van der Waals surface area contributed by atoms with Gasteiger partial charge in [0.2, 0.25) is 5.91 Å². The highest BCUT2D eigenvalue weighted by molar-refractivity contribution is 14.1. The second-order valence-corrected chi connectivity index (χ2v) is 7.56. The number of rotatable bonds is 6. The Morgan fingerprint density at radius 3 is 2.43 bits per heavy atom. The predicted molar refractivity (Wildman–Crippen MR) is 106 cm³/mol. The van der Waals surface area contributed by atoms with Crippen molar-refractivity contribution in [1.29, 1.82) is 0 Å². The molecule has 120 valence electrons. The average Bonchev–Trinajstić information content (AvgIpc) is 2.55. The Kier molecular flexibility index (Phi) is 7.11. The number of hydrazone groups is 1. The van der Waals surface area contributed by atoms with E-state index in [9.17, 15) is 4.79 Å². The van der Waals surface area contributed by atoms with Crippen LogP contribution >= 0.6 is 34.4 Å². The fourth-order valence-electron chi connectivity index (χ4n) is 1.85. The van der Waals surface area contributed by atoms with Gasteiger partial charge in [-0.3, -0.25) is 4.79 Å². The topological polar surface area (TPSA) is 41.5 Å². The number of hydrogen-bond acceptors (Lipinski definition) is 3. The minimum atomic E-state index is -0.0607. The molecule has 5 heteroatoms. The number of nitrogens with zero attached hydrogens (tertiary/aromatic N) is 1. The standard InChI is InChI=1S/C18H19IN2OS/c1-13-3-9-17(10-4-13)23-12-11-18(22)21-20-14(2)15-5-7-16(19)8-6-15/h3-10H,11-12H2,1-2H3,(H,21,22)/b20-14-. The van der Waals surface area contributed by atoms with E-state index in [1.807, 2.05) is 31.2 Å². The van der Waals surface area contributed by atoms with E-state index < -0.39 is 0 Å². The van der Waals surface area contributed by atoms with Crippen LogP contribution in [0.15, 0.2) is 58.5 Å². The van der Waals surface area contributed by atoms with E-state index in [1.165, 1.54) is 14.0 Å². The second-order valence-electron chi connectivity index (χ2n) is 5.15. The third-order valence-corrected chi connectivity index (χ3v) is 4.96. The van der Waals surface area contributed by atoms with Gasteiger partial charge < -0.3 is 0 Å². The quantitative estimate of drug-likeness (QED) is 0.310. The summed E-state index contributed by atoms with van der Waals surface area (Å²) in [5.74, 6) is 0.682. The smallest absolute Gasteiger partial charge is 0.240 e. The van der Waals surface area contributed by atoms with Crippen LogP contribution in [-0.4, -0.2) is 17.4 Å². The Labute approximate surface area is 155 Å². The number of carbonyl (C=O) groups is 1. The molecule has 0 aliphatic rings. The molecule has 2 rings (SSSR count). The molecule has 0 aromatic heterocycles. The Morgan fingerprint density at radius 2 is 1.78 bits per heavy atom. The van der Waals surface area contributed by atoms with Crippen LogP contribution in [-0.2, 0) is 4.79 Å². The van der Waals surface area contributed by atoms with Gasteiger partial charge in [-0.1, -0.05) is 29.8 Å². The molecule has 0 saturated heterocycles. The summed E-state index contributed by atoms with van der Waals surface area (Å²) >= 11 is 3.94. The monoisotopic (exact) mass is 438 g/mol. The van der Waals surface area contributed by atoms with Crippen molar-refractivity contribution in [3.63, 3.8) is 0 Å². The van der Waals surface area contributed by atoms with Crippen molar-refractivity contribution in [1.82, 2.24) is 5.43 Å². The molecule has 0 spiro atoms. The van der Waals surface area contributed by atoms with Gasteiger partial charge in [-0.05, 0) is 66.3 Å². The molecule has 0 aliphatic carbocycles. The summed E-state index contributed by atoms with van der Waals surface area (Å²) in [6.45, 7) is 3.96. The van der Waals surface area contributed by atoms with Crippen molar-refractivity contribution in [2.45, 2.75) is 25.2 Å². The van der Waals surface area contributed by atoms with Crippen molar-refractivity contribution < 1.29 is 4.79 Å². The molecule has 23 heavy (non-hydrogen) atoms. The van der Waals surface area contributed by atoms with Crippen molar-refractivity contribution in [3.8, 4) is 0 Å². The van der Waals surface area contributed by atoms with Crippen molar-refractivity contribution >= 4 is 46.0 Å². The third-order valence-electron chi connectivity index (χ3n) is 3.23. The lowest BCUT2D eigenvalue weighted by atomic mass is 10.1. The lowest BCUT2D eigenvalue weighted by Gasteiger charge is -2.04. The molecule has 0 aliphatic heterocycles. The maximum atomic E-state index is 11.8. The number of carbonyl (C=O) groups excluding carboxylic acids is 1. The number of nitrogens with one attached hydrogen (secondary N) is 1. The van der Waals surface area contributed by atoms with Crippen LogP contribution in [0.1, 0.15) is 24.5 Å². The molecular formula is C18H19IN2OS. The molecule has 0 fully saturated rings. The highest BCUT2D eigenvalue weighted by Gasteiger charge is 2.02. The normalized spacial score (nSPS) is 11.3. The first-order chi connectivity index (χ1) is 11.0. The summed E-state index contributed by atoms with van der Waals surface area (Å²) in [6, 6.07) is 16.4. The van der Waals surface area contributed by atoms with Gasteiger partial charge in [-0.15, -0.1) is 11.8 Å². The Bertz CT molecular complexity index is 681. The first-order valence-electron chi connectivity index (χ1n) is 7.33. The molecule has 1 N–H and O–H groups in total. The van der Waals surface area contributed by atoms with Crippen molar-refractivity contribution in [2.24, 2.45) is 5.10 Å². The zero-order valence-electron chi connectivity index (χ0n) is 13.2. The van der Waals surface area contributed by atoms with Crippen LogP contribution in [0, 0.1) is 10.5 Å². The molecule has 0 unspecified atom stereocenters. The number of thioether (sulfide) groups is 1. The molecule has 0 radical (unpaired) electrons. The van der Waals surface area contributed by atoms with E-state index >= 15 is 0 Å². The van der Waals surface area contributed by atoms with E-state index in [0.29, 0.717) is 6.42 Å². The van der Waals surface area contributed by atoms with Crippen LogP contribution in [0.5, 0.6) is 0 Å². The van der Waals surface area contributed by atoms with E-state index in [1.54, 1.807) is 11.8 Å². The lowest BCUT2D eigenvalue weighted by molar-refractivity contribution is -0.120. The molecule has 0 heterocycles. The highest BCUT2D eigenvalue weighted by Crippen LogP contribution is 2.18. The van der Waals surface area contributed by atoms with Gasteiger partial charge in [0, 0.05) is 20.6 Å². The van der Waals surface area contributed by atoms with E-state index in [-0.39, 0.29) is 5.91 Å². The zero-order valence-corrected chi connectivity index (χ0v) is 16.1. The van der Waals surface area contributed by atoms with Crippen LogP contribution in [0.4, 0.5) is 0 Å². The zero-order chi connectivity index (χ0) is 16.7. The second kappa shape index (κ2) is 9.08. The molecular weight excluding hydrogens is 419 g/mol. The van der Waals surface area contributed by atoms with Crippen molar-refractivity contribution in [2.75, 3.05) is 5.75 Å². The molecule has 2 aromatic carbocycles. The van der Waals surface area contributed by atoms with Crippen LogP contribution in [0.25, 0.3) is 0 Å². The van der Waals surface area contributed by atoms with Gasteiger partial charge in [0.1, 0.15) is 0 Å². The molecule has 0 bridgehead atoms. The fraction of sp³-hybridized carbons (Fsp3) is 0.222. The number of halogens is 1. The predicted octanol–water partition coefficient (Wildman–Crippen LogP) is 4.62. The minimum Gasteiger partial charge on any atom is -0.273 e. The SMILES string of the molecule is C/C(=N/NC(=O)CCSc1ccc(C)cc1)c1ccc(I)cc1. The Balaban J connectivity index is 1.77. The molecule has 3 nitrogen and oxygen atoms in total. The van der Waals surface area contributed by atoms with Gasteiger partial charge in [0.15, 0.2) is 0 Å². The van der Waals surface area contributed by atoms with Gasteiger partial charge in [-0.2, -0.15) is 5.10 Å². The first kappa shape index (κ1) is 18.0. The van der Waals surface area contributed by atoms with Gasteiger partial charge in [0.25, 0.3) is 0 Å². The summed E-state index contributed by atoms with van der Waals surface area (Å²) in [4.78, 5) is 13.0. The fourth-order valence-corrected chi connectivity index (χ4v) is 3.07. The summed E-state index contributed by atoms with van der Waals surface area (Å²) < 4.78 is 1.18. The third kappa shape index (κ3) is 6.35. The molecule has 2 aromatic rings. The van der Waals surface area contributed by atoms with Crippen LogP contribution < -0.4 is 5.43 Å². The maximum Gasteiger partial charge on any atom is 0.240 e. The average molecular weight is 438 g/mol. The van der Waals surface area contributed by atoms with E-state index in [0.717, 1.165) is 17.0 Å². The van der Waals surface area contributed by atoms with Gasteiger partial charge >= 0.3 is 0 Å². The summed E-state index contributed by atoms with van der Waals surface area (Å²) in [6.07, 6.45) is 0.446. The Morgan fingerprint density at radius 1 is 1.13 bits per heavy atom. The summed E-state index contributed by atoms with van der Waals surface area (Å²) in [7, 11) is 0. The van der Waals surface area contributed by atoms with E-state index in [4.69, 9.17) is 0 Å². The van der Waals surface area contributed by atoms with Gasteiger partial charge in [-0.25, -0.2) is 5.43 Å². The largest absolute Gasteiger partial charge is 0.273 e. The number of amides is 1. The molecule has 0 saturated carbocycles. The van der Waals surface area contributed by atoms with Gasteiger partial charge in [0.05, 0.1) is 5.71 Å². The van der Waals surface area contributed by atoms with E-state index in [2.05, 4.69) is 64.3 Å². The first-order valence-corrected chi connectivity index (χ1v) is 9.39. The maximum absolute atomic E-state index is 11.8. The number of hydrogen-bond donors (Lipinski definition) is 1. The number of benzene rings is 2. The van der Waals surface area contributed by atoms with Crippen LogP contribution in [0.3, 0.4) is 0 Å². The molecule has 1 amide bonds. The van der Waals surface area contributed by atoms with Crippen molar-refractivity contribution in [3.05, 3.63) is 63.2 Å². The lowest BCUT2D eigenvalue weighted by Crippen LogP contribution is -2.19. The molecule has 0 atom stereocenters. The summed E-state index contributed by atoms with van der Waals surface area (Å²) in [5.41, 5.74) is 5.69. The highest BCUT2D eigenvalue weighted by atomic mass is 127. The number of aryl methyl sites for hydroxylation is 1. The Hall–Kier alpha value is -1.34.